The lowest BCUT2D eigenvalue weighted by atomic mass is 9.40. The summed E-state index contributed by atoms with van der Waals surface area (Å²) >= 11 is 5.52. The number of hydrogen-bond donors (Lipinski definition) is 2. The first kappa shape index (κ1) is 15.4. The molecule has 0 aliphatic heterocycles. The van der Waals surface area contributed by atoms with Crippen LogP contribution in [0.15, 0.2) is 30.3 Å². The number of benzene rings is 1. The van der Waals surface area contributed by atoms with E-state index in [1.807, 2.05) is 18.2 Å². The Morgan fingerprint density at radius 1 is 1.04 bits per heavy atom. The molecule has 0 heterocycles. The summed E-state index contributed by atoms with van der Waals surface area (Å²) in [5.41, 5.74) is 2.68. The zero-order chi connectivity index (χ0) is 16.1. The van der Waals surface area contributed by atoms with Crippen molar-refractivity contribution < 1.29 is 0 Å². The predicted octanol–water partition coefficient (Wildman–Crippen LogP) is 4.97. The Labute approximate surface area is 145 Å². The lowest BCUT2D eigenvalue weighted by Crippen LogP contribution is -2.58. The second-order valence-electron chi connectivity index (χ2n) is 9.30. The summed E-state index contributed by atoms with van der Waals surface area (Å²) in [7, 11) is 0. The van der Waals surface area contributed by atoms with Gasteiger partial charge in [-0.25, -0.2) is 0 Å². The molecule has 0 unspecified atom stereocenters. The van der Waals surface area contributed by atoms with E-state index >= 15 is 0 Å². The van der Waals surface area contributed by atoms with Gasteiger partial charge in [0.15, 0.2) is 5.11 Å². The SMILES string of the molecule is C[C@@]12CC3CC(CNC(=S)Nc4ccccc4)(C1)C[C@@](C)(C3)C2. The van der Waals surface area contributed by atoms with Gasteiger partial charge in [-0.3, -0.25) is 0 Å². The molecule has 4 aliphatic rings. The molecule has 23 heavy (non-hydrogen) atoms. The van der Waals surface area contributed by atoms with Gasteiger partial charge in [-0.15, -0.1) is 0 Å². The van der Waals surface area contributed by atoms with Gasteiger partial charge in [0.05, 0.1) is 0 Å². The quantitative estimate of drug-likeness (QED) is 0.766. The van der Waals surface area contributed by atoms with Gasteiger partial charge in [-0.05, 0) is 85.0 Å². The first-order valence-corrected chi connectivity index (χ1v) is 9.39. The highest BCUT2D eigenvalue weighted by Crippen LogP contribution is 2.69. The molecule has 0 aromatic heterocycles. The van der Waals surface area contributed by atoms with Crippen LogP contribution in [0.25, 0.3) is 0 Å². The van der Waals surface area contributed by atoms with Crippen LogP contribution in [0.5, 0.6) is 0 Å². The topological polar surface area (TPSA) is 24.1 Å². The molecule has 4 bridgehead atoms. The van der Waals surface area contributed by atoms with Crippen LogP contribution in [0.4, 0.5) is 5.69 Å². The van der Waals surface area contributed by atoms with Crippen molar-refractivity contribution in [1.29, 1.82) is 0 Å². The van der Waals surface area contributed by atoms with Gasteiger partial charge in [0.25, 0.3) is 0 Å². The van der Waals surface area contributed by atoms with Gasteiger partial charge in [-0.2, -0.15) is 0 Å². The van der Waals surface area contributed by atoms with E-state index < -0.39 is 0 Å². The Balaban J connectivity index is 1.42. The number of para-hydroxylation sites is 1. The molecule has 1 aromatic rings. The lowest BCUT2D eigenvalue weighted by molar-refractivity contribution is -0.141. The highest BCUT2D eigenvalue weighted by Gasteiger charge is 2.59. The van der Waals surface area contributed by atoms with Crippen LogP contribution in [-0.4, -0.2) is 11.7 Å². The normalized spacial score (nSPS) is 40.9. The molecule has 3 heteroatoms. The second-order valence-corrected chi connectivity index (χ2v) is 9.71. The summed E-state index contributed by atoms with van der Waals surface area (Å²) in [6.07, 6.45) is 8.51. The fourth-order valence-electron chi connectivity index (χ4n) is 6.85. The Kier molecular flexibility index (Phi) is 3.49. The van der Waals surface area contributed by atoms with Gasteiger partial charge >= 0.3 is 0 Å². The van der Waals surface area contributed by atoms with Crippen LogP contribution in [0.3, 0.4) is 0 Å². The Hall–Kier alpha value is -1.09. The summed E-state index contributed by atoms with van der Waals surface area (Å²) in [4.78, 5) is 0. The van der Waals surface area contributed by atoms with Crippen LogP contribution >= 0.6 is 12.2 Å². The van der Waals surface area contributed by atoms with E-state index in [2.05, 4.69) is 36.6 Å². The third-order valence-electron chi connectivity index (χ3n) is 6.40. The average molecular weight is 329 g/mol. The van der Waals surface area contributed by atoms with Crippen molar-refractivity contribution in [3.63, 3.8) is 0 Å². The summed E-state index contributed by atoms with van der Waals surface area (Å²) in [5.74, 6) is 0.943. The summed E-state index contributed by atoms with van der Waals surface area (Å²) < 4.78 is 0. The van der Waals surface area contributed by atoms with E-state index in [1.54, 1.807) is 0 Å². The van der Waals surface area contributed by atoms with Gasteiger partial charge in [-0.1, -0.05) is 32.0 Å². The number of nitrogens with one attached hydrogen (secondary N) is 2. The minimum Gasteiger partial charge on any atom is -0.362 e. The van der Waals surface area contributed by atoms with Crippen molar-refractivity contribution in [3.05, 3.63) is 30.3 Å². The fraction of sp³-hybridized carbons (Fsp3) is 0.650. The molecule has 2 N–H and O–H groups in total. The third-order valence-corrected chi connectivity index (χ3v) is 6.64. The van der Waals surface area contributed by atoms with Crippen molar-refractivity contribution in [2.45, 2.75) is 52.4 Å². The molecule has 2 atom stereocenters. The zero-order valence-electron chi connectivity index (χ0n) is 14.3. The van der Waals surface area contributed by atoms with Crippen molar-refractivity contribution in [3.8, 4) is 0 Å². The predicted molar refractivity (Wildman–Crippen MR) is 101 cm³/mol. The lowest BCUT2D eigenvalue weighted by Gasteiger charge is -2.65. The molecular formula is C20H28N2S. The van der Waals surface area contributed by atoms with Crippen LogP contribution in [0.2, 0.25) is 0 Å². The second kappa shape index (κ2) is 5.20. The number of anilines is 1. The highest BCUT2D eigenvalue weighted by atomic mass is 32.1. The maximum atomic E-state index is 5.52. The monoisotopic (exact) mass is 328 g/mol. The molecule has 0 radical (unpaired) electrons. The molecule has 0 amide bonds. The van der Waals surface area contributed by atoms with E-state index in [-0.39, 0.29) is 0 Å². The minimum atomic E-state index is 0.464. The Morgan fingerprint density at radius 3 is 2.30 bits per heavy atom. The molecule has 5 rings (SSSR count). The van der Waals surface area contributed by atoms with E-state index in [0.717, 1.165) is 23.3 Å². The van der Waals surface area contributed by atoms with Gasteiger partial charge in [0.2, 0.25) is 0 Å². The van der Waals surface area contributed by atoms with Crippen LogP contribution < -0.4 is 10.6 Å². The Bertz CT molecular complexity index is 593. The Morgan fingerprint density at radius 2 is 1.70 bits per heavy atom. The first-order chi connectivity index (χ1) is 10.9. The molecule has 124 valence electrons. The van der Waals surface area contributed by atoms with Crippen molar-refractivity contribution in [2.24, 2.45) is 22.2 Å². The molecule has 0 saturated heterocycles. The molecule has 4 fully saturated rings. The zero-order valence-corrected chi connectivity index (χ0v) is 15.1. The van der Waals surface area contributed by atoms with Crippen molar-refractivity contribution >= 4 is 23.0 Å². The molecule has 1 aromatic carbocycles. The first-order valence-electron chi connectivity index (χ1n) is 8.98. The summed E-state index contributed by atoms with van der Waals surface area (Å²) in [6.45, 7) is 6.10. The molecular weight excluding hydrogens is 300 g/mol. The third kappa shape index (κ3) is 3.00. The average Bonchev–Trinajstić information content (AvgIpc) is 2.42. The van der Waals surface area contributed by atoms with E-state index in [1.165, 1.54) is 38.5 Å². The maximum Gasteiger partial charge on any atom is 0.170 e. The highest BCUT2D eigenvalue weighted by molar-refractivity contribution is 7.80. The smallest absolute Gasteiger partial charge is 0.170 e. The fourth-order valence-corrected chi connectivity index (χ4v) is 7.04. The number of rotatable bonds is 3. The molecule has 0 spiro atoms. The van der Waals surface area contributed by atoms with Crippen molar-refractivity contribution in [2.75, 3.05) is 11.9 Å². The van der Waals surface area contributed by atoms with Gasteiger partial charge in [0, 0.05) is 12.2 Å². The molecule has 4 saturated carbocycles. The maximum absolute atomic E-state index is 5.52. The van der Waals surface area contributed by atoms with Gasteiger partial charge in [0.1, 0.15) is 0 Å². The summed E-state index contributed by atoms with van der Waals surface area (Å²) in [5, 5.41) is 7.62. The number of hydrogen-bond acceptors (Lipinski definition) is 1. The number of thiocarbonyl (C=S) groups is 1. The minimum absolute atomic E-state index is 0.464. The van der Waals surface area contributed by atoms with E-state index in [9.17, 15) is 0 Å². The molecule has 4 aliphatic carbocycles. The van der Waals surface area contributed by atoms with Gasteiger partial charge < -0.3 is 10.6 Å². The van der Waals surface area contributed by atoms with Crippen molar-refractivity contribution in [1.82, 2.24) is 5.32 Å². The summed E-state index contributed by atoms with van der Waals surface area (Å²) in [6, 6.07) is 10.2. The molecule has 2 nitrogen and oxygen atoms in total. The largest absolute Gasteiger partial charge is 0.362 e. The van der Waals surface area contributed by atoms with Crippen LogP contribution in [-0.2, 0) is 0 Å². The van der Waals surface area contributed by atoms with E-state index in [4.69, 9.17) is 12.2 Å². The standard InChI is InChI=1S/C20H28N2S/c1-18-8-15-9-19(2,11-18)13-20(10-15,12-18)14-21-17(23)22-16-6-4-3-5-7-16/h3-7,15H,8-14H2,1-2H3,(H2,21,22,23)/t15?,18-,19-,20?/m0/s1. The van der Waals surface area contributed by atoms with Crippen LogP contribution in [0.1, 0.15) is 52.4 Å². The van der Waals surface area contributed by atoms with Crippen LogP contribution in [0, 0.1) is 22.2 Å². The van der Waals surface area contributed by atoms with E-state index in [0.29, 0.717) is 16.2 Å².